The largest absolute Gasteiger partial charge is 0.481 e. The van der Waals surface area contributed by atoms with Crippen LogP contribution in [0.15, 0.2) is 18.2 Å². The SMILES string of the molecule is N#Cc1ccc(OC2CCCCC2O)c([N+](=O)[O-])c1. The molecule has 0 spiro atoms. The van der Waals surface area contributed by atoms with Crippen LogP contribution in [-0.4, -0.2) is 22.2 Å². The van der Waals surface area contributed by atoms with Crippen molar-refractivity contribution in [3.8, 4) is 11.8 Å². The number of ether oxygens (including phenoxy) is 1. The van der Waals surface area contributed by atoms with Crippen molar-refractivity contribution in [3.05, 3.63) is 33.9 Å². The Hall–Kier alpha value is -2.13. The highest BCUT2D eigenvalue weighted by Gasteiger charge is 2.27. The van der Waals surface area contributed by atoms with Crippen molar-refractivity contribution in [2.75, 3.05) is 0 Å². The second-order valence-electron chi connectivity index (χ2n) is 4.56. The first-order chi connectivity index (χ1) is 9.11. The number of nitrogens with zero attached hydrogens (tertiary/aromatic N) is 2. The molecule has 2 unspecified atom stereocenters. The molecule has 1 saturated carbocycles. The highest BCUT2D eigenvalue weighted by molar-refractivity contribution is 5.51. The van der Waals surface area contributed by atoms with Gasteiger partial charge in [-0.3, -0.25) is 10.1 Å². The van der Waals surface area contributed by atoms with Gasteiger partial charge < -0.3 is 9.84 Å². The average molecular weight is 262 g/mol. The van der Waals surface area contributed by atoms with E-state index in [9.17, 15) is 15.2 Å². The third-order valence-electron chi connectivity index (χ3n) is 3.23. The van der Waals surface area contributed by atoms with Gasteiger partial charge in [0.2, 0.25) is 0 Å². The second-order valence-corrected chi connectivity index (χ2v) is 4.56. The van der Waals surface area contributed by atoms with Gasteiger partial charge in [0.1, 0.15) is 6.10 Å². The number of hydrogen-bond donors (Lipinski definition) is 1. The molecule has 0 aliphatic heterocycles. The molecule has 0 aromatic heterocycles. The quantitative estimate of drug-likeness (QED) is 0.665. The maximum atomic E-state index is 11.0. The molecular weight excluding hydrogens is 248 g/mol. The van der Waals surface area contributed by atoms with Crippen molar-refractivity contribution >= 4 is 5.69 Å². The summed E-state index contributed by atoms with van der Waals surface area (Å²) < 4.78 is 5.56. The Morgan fingerprint density at radius 2 is 2.16 bits per heavy atom. The lowest BCUT2D eigenvalue weighted by atomic mass is 9.95. The Morgan fingerprint density at radius 3 is 2.79 bits per heavy atom. The fraction of sp³-hybridized carbons (Fsp3) is 0.462. The van der Waals surface area contributed by atoms with Crippen LogP contribution in [-0.2, 0) is 0 Å². The summed E-state index contributed by atoms with van der Waals surface area (Å²) in [6.45, 7) is 0. The van der Waals surface area contributed by atoms with E-state index >= 15 is 0 Å². The first-order valence-electron chi connectivity index (χ1n) is 6.15. The van der Waals surface area contributed by atoms with Gasteiger partial charge in [0.25, 0.3) is 0 Å². The van der Waals surface area contributed by atoms with Crippen LogP contribution in [0.2, 0.25) is 0 Å². The number of nitriles is 1. The molecule has 0 heterocycles. The fourth-order valence-corrected chi connectivity index (χ4v) is 2.21. The summed E-state index contributed by atoms with van der Waals surface area (Å²) in [6, 6.07) is 5.92. The smallest absolute Gasteiger partial charge is 0.312 e. The van der Waals surface area contributed by atoms with Crippen LogP contribution in [0, 0.1) is 21.4 Å². The van der Waals surface area contributed by atoms with Gasteiger partial charge in [-0.15, -0.1) is 0 Å². The van der Waals surface area contributed by atoms with Gasteiger partial charge in [-0.05, 0) is 31.4 Å². The molecule has 0 radical (unpaired) electrons. The van der Waals surface area contributed by atoms with Gasteiger partial charge in [-0.2, -0.15) is 5.26 Å². The summed E-state index contributed by atoms with van der Waals surface area (Å²) in [6.07, 6.45) is 2.19. The minimum atomic E-state index is -0.594. The molecule has 100 valence electrons. The fourth-order valence-electron chi connectivity index (χ4n) is 2.21. The highest BCUT2D eigenvalue weighted by atomic mass is 16.6. The summed E-state index contributed by atoms with van der Waals surface area (Å²) in [4.78, 5) is 10.4. The van der Waals surface area contributed by atoms with E-state index in [0.29, 0.717) is 12.8 Å². The second kappa shape index (κ2) is 5.67. The average Bonchev–Trinajstić information content (AvgIpc) is 2.41. The number of benzene rings is 1. The van der Waals surface area contributed by atoms with Crippen LogP contribution in [0.1, 0.15) is 31.2 Å². The first kappa shape index (κ1) is 13.3. The van der Waals surface area contributed by atoms with Crippen LogP contribution < -0.4 is 4.74 Å². The lowest BCUT2D eigenvalue weighted by Crippen LogP contribution is -2.34. The van der Waals surface area contributed by atoms with Gasteiger partial charge >= 0.3 is 5.69 Å². The van der Waals surface area contributed by atoms with Crippen molar-refractivity contribution in [3.63, 3.8) is 0 Å². The van der Waals surface area contributed by atoms with Crippen molar-refractivity contribution in [1.29, 1.82) is 5.26 Å². The summed E-state index contributed by atoms with van der Waals surface area (Å²) in [5.74, 6) is 0.106. The zero-order chi connectivity index (χ0) is 13.8. The highest BCUT2D eigenvalue weighted by Crippen LogP contribution is 2.31. The molecule has 0 amide bonds. The van der Waals surface area contributed by atoms with Crippen LogP contribution in [0.3, 0.4) is 0 Å². The molecule has 1 aliphatic rings. The van der Waals surface area contributed by atoms with E-state index in [0.717, 1.165) is 12.8 Å². The maximum Gasteiger partial charge on any atom is 0.312 e. The van der Waals surface area contributed by atoms with Gasteiger partial charge in [-0.25, -0.2) is 0 Å². The van der Waals surface area contributed by atoms with Gasteiger partial charge in [0.15, 0.2) is 5.75 Å². The van der Waals surface area contributed by atoms with E-state index in [-0.39, 0.29) is 17.0 Å². The topological polar surface area (TPSA) is 96.4 Å². The van der Waals surface area contributed by atoms with Crippen molar-refractivity contribution in [2.24, 2.45) is 0 Å². The van der Waals surface area contributed by atoms with Crippen LogP contribution in [0.25, 0.3) is 0 Å². The Balaban J connectivity index is 2.24. The maximum absolute atomic E-state index is 11.0. The Labute approximate surface area is 110 Å². The molecule has 19 heavy (non-hydrogen) atoms. The molecule has 6 heteroatoms. The zero-order valence-electron chi connectivity index (χ0n) is 10.3. The number of aliphatic hydroxyl groups excluding tert-OH is 1. The summed E-state index contributed by atoms with van der Waals surface area (Å²) in [5.41, 5.74) is -0.0277. The van der Waals surface area contributed by atoms with Crippen molar-refractivity contribution in [1.82, 2.24) is 0 Å². The van der Waals surface area contributed by atoms with E-state index in [1.54, 1.807) is 0 Å². The van der Waals surface area contributed by atoms with Crippen LogP contribution >= 0.6 is 0 Å². The number of aliphatic hydroxyl groups is 1. The summed E-state index contributed by atoms with van der Waals surface area (Å²) in [5, 5.41) is 29.5. The first-order valence-corrected chi connectivity index (χ1v) is 6.15. The van der Waals surface area contributed by atoms with E-state index in [1.165, 1.54) is 18.2 Å². The van der Waals surface area contributed by atoms with Crippen LogP contribution in [0.5, 0.6) is 5.75 Å². The molecule has 1 aromatic carbocycles. The number of nitro groups is 1. The zero-order valence-corrected chi connectivity index (χ0v) is 10.3. The van der Waals surface area contributed by atoms with Crippen LogP contribution in [0.4, 0.5) is 5.69 Å². The lowest BCUT2D eigenvalue weighted by molar-refractivity contribution is -0.386. The monoisotopic (exact) mass is 262 g/mol. The van der Waals surface area contributed by atoms with E-state index in [2.05, 4.69) is 0 Å². The predicted molar refractivity (Wildman–Crippen MR) is 66.7 cm³/mol. The predicted octanol–water partition coefficient (Wildman–Crippen LogP) is 2.15. The lowest BCUT2D eigenvalue weighted by Gasteiger charge is -2.27. The van der Waals surface area contributed by atoms with Gasteiger partial charge in [0.05, 0.1) is 22.7 Å². The molecular formula is C13H14N2O4. The standard InChI is InChI=1S/C13H14N2O4/c14-8-9-5-6-12(10(7-9)15(17)18)19-13-4-2-1-3-11(13)16/h5-7,11,13,16H,1-4H2. The number of rotatable bonds is 3. The van der Waals surface area contributed by atoms with Gasteiger partial charge in [0, 0.05) is 6.07 Å². The van der Waals surface area contributed by atoms with E-state index in [4.69, 9.17) is 10.00 Å². The van der Waals surface area contributed by atoms with Crippen molar-refractivity contribution in [2.45, 2.75) is 37.9 Å². The molecule has 1 aliphatic carbocycles. The summed E-state index contributed by atoms with van der Waals surface area (Å²) in [7, 11) is 0. The third kappa shape index (κ3) is 3.01. The molecule has 1 aromatic rings. The molecule has 1 N–H and O–H groups in total. The van der Waals surface area contributed by atoms with Gasteiger partial charge in [-0.1, -0.05) is 6.42 Å². The van der Waals surface area contributed by atoms with E-state index in [1.807, 2.05) is 6.07 Å². The van der Waals surface area contributed by atoms with E-state index < -0.39 is 17.1 Å². The molecule has 0 bridgehead atoms. The Bertz CT molecular complexity index is 524. The molecule has 2 rings (SSSR count). The molecule has 6 nitrogen and oxygen atoms in total. The minimum absolute atomic E-state index is 0.106. The summed E-state index contributed by atoms with van der Waals surface area (Å²) >= 11 is 0. The number of hydrogen-bond acceptors (Lipinski definition) is 5. The van der Waals surface area contributed by atoms with Crippen molar-refractivity contribution < 1.29 is 14.8 Å². The molecule has 0 saturated heterocycles. The Morgan fingerprint density at radius 1 is 1.42 bits per heavy atom. The Kier molecular flexibility index (Phi) is 3.97. The third-order valence-corrected chi connectivity index (χ3v) is 3.23. The molecule has 1 fully saturated rings. The normalized spacial score (nSPS) is 22.5. The minimum Gasteiger partial charge on any atom is -0.481 e. The number of nitro benzene ring substituents is 1. The molecule has 2 atom stereocenters.